The van der Waals surface area contributed by atoms with E-state index >= 15 is 0 Å². The minimum absolute atomic E-state index is 0.0274. The van der Waals surface area contributed by atoms with Crippen LogP contribution in [0.25, 0.3) is 0 Å². The largest absolute Gasteiger partial charge is 0.478 e. The van der Waals surface area contributed by atoms with Gasteiger partial charge in [0, 0.05) is 17.1 Å². The maximum Gasteiger partial charge on any atom is 0.382 e. The number of ether oxygens (including phenoxy) is 1. The number of thioether (sulfide) groups is 2. The minimum atomic E-state index is -4.55. The van der Waals surface area contributed by atoms with Gasteiger partial charge in [-0.1, -0.05) is 85.0 Å². The molecule has 1 fully saturated rings. The van der Waals surface area contributed by atoms with Crippen LogP contribution in [-0.2, 0) is 18.6 Å². The molecule has 0 bridgehead atoms. The van der Waals surface area contributed by atoms with Gasteiger partial charge in [0.05, 0.1) is 6.61 Å². The van der Waals surface area contributed by atoms with Crippen LogP contribution >= 0.6 is 31.1 Å². The summed E-state index contributed by atoms with van der Waals surface area (Å²) >= 11 is 2.96. The maximum absolute atomic E-state index is 13.2. The van der Waals surface area contributed by atoms with Crippen molar-refractivity contribution >= 4 is 37.1 Å². The lowest BCUT2D eigenvalue weighted by Crippen LogP contribution is -2.40. The Morgan fingerprint density at radius 2 is 1.60 bits per heavy atom. The molecule has 208 valence electrons. The number of rotatable bonds is 22. The Kier molecular flexibility index (Phi) is 18.4. The first-order chi connectivity index (χ1) is 16.8. The van der Waals surface area contributed by atoms with Crippen LogP contribution in [0.4, 0.5) is 0 Å². The molecule has 2 N–H and O–H groups in total. The van der Waals surface area contributed by atoms with E-state index in [0.717, 1.165) is 43.9 Å². The second kappa shape index (κ2) is 19.4. The lowest BCUT2D eigenvalue weighted by atomic mass is 10.0. The quantitative estimate of drug-likeness (QED) is 0.0782. The number of hydrogen-bond acceptors (Lipinski definition) is 6. The zero-order valence-corrected chi connectivity index (χ0v) is 24.9. The molecular formula is C26H51O6PS2. The van der Waals surface area contributed by atoms with Gasteiger partial charge in [0.2, 0.25) is 0 Å². The fourth-order valence-corrected chi connectivity index (χ4v) is 9.26. The monoisotopic (exact) mass is 554 g/mol. The standard InChI is InChI=1S/C26H51O6PS2/c1-4-7-8-9-10-11-12-16-21-31-26(25(27)28,33(29,30)32-20-5-2)34-22-19-23(6-3)35-24-17-14-13-15-18-24/h23-24H,4-22H2,1-3H3,(H,27,28)(H,29,30). The highest BCUT2D eigenvalue weighted by Crippen LogP contribution is 2.62. The lowest BCUT2D eigenvalue weighted by molar-refractivity contribution is -0.148. The molecule has 0 heterocycles. The number of unbranched alkanes of at least 4 members (excludes halogenated alkanes) is 7. The van der Waals surface area contributed by atoms with E-state index in [-0.39, 0.29) is 13.2 Å². The van der Waals surface area contributed by atoms with Crippen molar-refractivity contribution < 1.29 is 28.6 Å². The summed E-state index contributed by atoms with van der Waals surface area (Å²) in [6.07, 6.45) is 17.5. The van der Waals surface area contributed by atoms with Crippen molar-refractivity contribution in [2.75, 3.05) is 19.0 Å². The normalized spacial score (nSPS) is 19.2. The highest BCUT2D eigenvalue weighted by Gasteiger charge is 2.58. The van der Waals surface area contributed by atoms with Crippen molar-refractivity contribution in [3.63, 3.8) is 0 Å². The van der Waals surface area contributed by atoms with E-state index in [1.807, 2.05) is 18.7 Å². The molecule has 0 aliphatic heterocycles. The number of aliphatic carboxylic acids is 1. The Morgan fingerprint density at radius 3 is 2.17 bits per heavy atom. The van der Waals surface area contributed by atoms with Crippen molar-refractivity contribution in [2.45, 2.75) is 139 Å². The first kappa shape index (κ1) is 33.3. The van der Waals surface area contributed by atoms with Gasteiger partial charge < -0.3 is 19.3 Å². The molecule has 1 saturated carbocycles. The highest BCUT2D eigenvalue weighted by atomic mass is 32.2. The molecule has 0 aromatic carbocycles. The minimum Gasteiger partial charge on any atom is -0.478 e. The fraction of sp³-hybridized carbons (Fsp3) is 0.962. The summed E-state index contributed by atoms with van der Waals surface area (Å²) in [5.41, 5.74) is 0. The molecule has 0 spiro atoms. The molecule has 0 amide bonds. The molecule has 6 nitrogen and oxygen atoms in total. The fourth-order valence-electron chi connectivity index (χ4n) is 4.37. The van der Waals surface area contributed by atoms with Crippen molar-refractivity contribution in [1.82, 2.24) is 0 Å². The van der Waals surface area contributed by atoms with Gasteiger partial charge in [-0.3, -0.25) is 4.57 Å². The van der Waals surface area contributed by atoms with E-state index in [0.29, 0.717) is 29.1 Å². The van der Waals surface area contributed by atoms with Gasteiger partial charge in [-0.2, -0.15) is 11.8 Å². The smallest absolute Gasteiger partial charge is 0.382 e. The van der Waals surface area contributed by atoms with Crippen molar-refractivity contribution in [1.29, 1.82) is 0 Å². The van der Waals surface area contributed by atoms with Crippen LogP contribution in [0.1, 0.15) is 124 Å². The van der Waals surface area contributed by atoms with E-state index in [1.54, 1.807) is 0 Å². The molecule has 9 heteroatoms. The summed E-state index contributed by atoms with van der Waals surface area (Å²) in [5.74, 6) is -0.973. The van der Waals surface area contributed by atoms with E-state index in [1.165, 1.54) is 57.8 Å². The summed E-state index contributed by atoms with van der Waals surface area (Å²) in [7, 11) is -4.55. The molecule has 0 aromatic heterocycles. The van der Waals surface area contributed by atoms with Crippen molar-refractivity contribution in [3.05, 3.63) is 0 Å². The van der Waals surface area contributed by atoms with E-state index < -0.39 is 18.2 Å². The lowest BCUT2D eigenvalue weighted by Gasteiger charge is -2.32. The van der Waals surface area contributed by atoms with Gasteiger partial charge >= 0.3 is 18.2 Å². The third-order valence-electron chi connectivity index (χ3n) is 6.54. The summed E-state index contributed by atoms with van der Waals surface area (Å²) in [6.45, 7) is 6.36. The summed E-state index contributed by atoms with van der Waals surface area (Å²) in [5, 5.41) is 11.2. The molecule has 1 aliphatic carbocycles. The molecule has 0 saturated heterocycles. The average molecular weight is 555 g/mol. The summed E-state index contributed by atoms with van der Waals surface area (Å²) in [6, 6.07) is 0. The van der Waals surface area contributed by atoms with E-state index in [4.69, 9.17) is 9.26 Å². The number of carboxylic acid groups (broad SMARTS) is 1. The highest BCUT2D eigenvalue weighted by molar-refractivity contribution is 8.07. The number of hydrogen-bond donors (Lipinski definition) is 2. The van der Waals surface area contributed by atoms with E-state index in [9.17, 15) is 19.4 Å². The van der Waals surface area contributed by atoms with Gasteiger partial charge in [0.1, 0.15) is 0 Å². The first-order valence-electron chi connectivity index (χ1n) is 14.0. The van der Waals surface area contributed by atoms with Gasteiger partial charge in [0.15, 0.2) is 0 Å². The molecule has 0 aromatic rings. The van der Waals surface area contributed by atoms with Crippen LogP contribution in [0.3, 0.4) is 0 Å². The van der Waals surface area contributed by atoms with Crippen LogP contribution < -0.4 is 0 Å². The third kappa shape index (κ3) is 12.6. The van der Waals surface area contributed by atoms with Crippen LogP contribution in [-0.4, -0.2) is 50.1 Å². The Hall–Kier alpha value is 0.280. The molecule has 0 radical (unpaired) electrons. The summed E-state index contributed by atoms with van der Waals surface area (Å²) in [4.78, 5) is 23.1. The van der Waals surface area contributed by atoms with Crippen molar-refractivity contribution in [2.24, 2.45) is 0 Å². The van der Waals surface area contributed by atoms with Crippen LogP contribution in [0, 0.1) is 0 Å². The Morgan fingerprint density at radius 1 is 0.971 bits per heavy atom. The zero-order chi connectivity index (χ0) is 26.0. The Bertz CT molecular complexity index is 602. The molecule has 1 rings (SSSR count). The second-order valence-corrected chi connectivity index (χ2v) is 14.7. The third-order valence-corrected chi connectivity index (χ3v) is 12.1. The van der Waals surface area contributed by atoms with Crippen LogP contribution in [0.15, 0.2) is 0 Å². The topological polar surface area (TPSA) is 93.1 Å². The number of carboxylic acids is 1. The van der Waals surface area contributed by atoms with Gasteiger partial charge in [-0.15, -0.1) is 11.8 Å². The molecule has 3 atom stereocenters. The van der Waals surface area contributed by atoms with Crippen LogP contribution in [0.2, 0.25) is 0 Å². The predicted molar refractivity (Wildman–Crippen MR) is 151 cm³/mol. The average Bonchev–Trinajstić information content (AvgIpc) is 2.85. The molecular weight excluding hydrogens is 503 g/mol. The Labute approximate surface area is 223 Å². The van der Waals surface area contributed by atoms with Gasteiger partial charge in [-0.25, -0.2) is 4.79 Å². The SMILES string of the molecule is CCCCCCCCCCOC(SCCC(CC)SC1CCCCC1)(C(=O)O)P(=O)(O)OCCC. The second-order valence-electron chi connectivity index (χ2n) is 9.63. The predicted octanol–water partition coefficient (Wildman–Crippen LogP) is 8.46. The Balaban J connectivity index is 2.69. The molecule has 1 aliphatic rings. The molecule has 3 unspecified atom stereocenters. The number of carbonyl (C=O) groups is 1. The zero-order valence-electron chi connectivity index (χ0n) is 22.4. The first-order valence-corrected chi connectivity index (χ1v) is 17.5. The van der Waals surface area contributed by atoms with Gasteiger partial charge in [-0.05, 0) is 44.3 Å². The maximum atomic E-state index is 13.2. The summed E-state index contributed by atoms with van der Waals surface area (Å²) < 4.78 is 21.9. The van der Waals surface area contributed by atoms with Crippen molar-refractivity contribution in [3.8, 4) is 0 Å². The molecule has 35 heavy (non-hydrogen) atoms. The van der Waals surface area contributed by atoms with Crippen LogP contribution in [0.5, 0.6) is 0 Å². The van der Waals surface area contributed by atoms with Gasteiger partial charge in [0.25, 0.3) is 0 Å². The van der Waals surface area contributed by atoms with E-state index in [2.05, 4.69) is 13.8 Å².